The standard InChI is InChI=1S/C24H30N4O2/c1-3-26-13-15-27(16-14-26)18-24(29)28-22(20-11-7-8-12-23(20)30-2)17-21(25-28)19-9-5-4-6-10-19/h4-12,22H,3,13-18H2,1-2H3. The summed E-state index contributed by atoms with van der Waals surface area (Å²) >= 11 is 0. The summed E-state index contributed by atoms with van der Waals surface area (Å²) in [5.41, 5.74) is 3.00. The van der Waals surface area contributed by atoms with Crippen LogP contribution in [-0.4, -0.2) is 72.8 Å². The van der Waals surface area contributed by atoms with Gasteiger partial charge in [-0.15, -0.1) is 0 Å². The first kappa shape index (κ1) is 20.6. The van der Waals surface area contributed by atoms with E-state index >= 15 is 0 Å². The van der Waals surface area contributed by atoms with Crippen molar-refractivity contribution in [1.82, 2.24) is 14.8 Å². The molecule has 1 unspecified atom stereocenters. The van der Waals surface area contributed by atoms with Crippen LogP contribution in [0.1, 0.15) is 30.5 Å². The van der Waals surface area contributed by atoms with Crippen molar-refractivity contribution in [2.75, 3.05) is 46.4 Å². The Bertz CT molecular complexity index is 891. The molecule has 0 bridgehead atoms. The first-order valence-electron chi connectivity index (χ1n) is 10.7. The number of rotatable bonds is 6. The number of benzene rings is 2. The minimum absolute atomic E-state index is 0.0433. The van der Waals surface area contributed by atoms with E-state index in [-0.39, 0.29) is 11.9 Å². The second-order valence-electron chi connectivity index (χ2n) is 7.82. The van der Waals surface area contributed by atoms with Crippen LogP contribution in [0, 0.1) is 0 Å². The number of hydrazone groups is 1. The number of piperazine rings is 1. The molecule has 2 aromatic rings. The molecule has 0 radical (unpaired) electrons. The number of carbonyl (C=O) groups excluding carboxylic acids is 1. The van der Waals surface area contributed by atoms with Gasteiger partial charge in [-0.05, 0) is 18.2 Å². The van der Waals surface area contributed by atoms with Crippen LogP contribution < -0.4 is 4.74 Å². The number of methoxy groups -OCH3 is 1. The zero-order chi connectivity index (χ0) is 20.9. The fourth-order valence-electron chi connectivity index (χ4n) is 4.26. The number of carbonyl (C=O) groups is 1. The highest BCUT2D eigenvalue weighted by molar-refractivity contribution is 6.03. The molecule has 30 heavy (non-hydrogen) atoms. The SMILES string of the molecule is CCN1CCN(CC(=O)N2N=C(c3ccccc3)CC2c2ccccc2OC)CC1. The molecule has 4 rings (SSSR count). The van der Waals surface area contributed by atoms with Crippen LogP contribution in [0.4, 0.5) is 0 Å². The minimum Gasteiger partial charge on any atom is -0.496 e. The Kier molecular flexibility index (Phi) is 6.45. The molecular formula is C24H30N4O2. The van der Waals surface area contributed by atoms with Crippen LogP contribution in [0.5, 0.6) is 5.75 Å². The van der Waals surface area contributed by atoms with E-state index in [4.69, 9.17) is 9.84 Å². The Morgan fingerprint density at radius 3 is 2.37 bits per heavy atom. The van der Waals surface area contributed by atoms with Crippen LogP contribution >= 0.6 is 0 Å². The second-order valence-corrected chi connectivity index (χ2v) is 7.82. The summed E-state index contributed by atoms with van der Waals surface area (Å²) in [6, 6.07) is 17.9. The van der Waals surface area contributed by atoms with Crippen LogP contribution in [-0.2, 0) is 4.79 Å². The molecule has 2 heterocycles. The fraction of sp³-hybridized carbons (Fsp3) is 0.417. The van der Waals surface area contributed by atoms with E-state index in [2.05, 4.69) is 28.9 Å². The molecule has 2 aliphatic heterocycles. The average molecular weight is 407 g/mol. The maximum absolute atomic E-state index is 13.3. The van der Waals surface area contributed by atoms with Crippen LogP contribution in [0.15, 0.2) is 59.7 Å². The predicted molar refractivity (Wildman–Crippen MR) is 119 cm³/mol. The van der Waals surface area contributed by atoms with E-state index in [9.17, 15) is 4.79 Å². The lowest BCUT2D eigenvalue weighted by molar-refractivity contribution is -0.134. The Hall–Kier alpha value is -2.70. The zero-order valence-corrected chi connectivity index (χ0v) is 17.8. The van der Waals surface area contributed by atoms with Gasteiger partial charge in [0.1, 0.15) is 5.75 Å². The monoisotopic (exact) mass is 406 g/mol. The zero-order valence-electron chi connectivity index (χ0n) is 17.8. The smallest absolute Gasteiger partial charge is 0.257 e. The molecule has 0 spiro atoms. The van der Waals surface area contributed by atoms with Crippen molar-refractivity contribution < 1.29 is 9.53 Å². The lowest BCUT2D eigenvalue weighted by Gasteiger charge is -2.34. The molecule has 6 heteroatoms. The van der Waals surface area contributed by atoms with Gasteiger partial charge in [-0.25, -0.2) is 5.01 Å². The van der Waals surface area contributed by atoms with Crippen molar-refractivity contribution in [2.45, 2.75) is 19.4 Å². The molecule has 158 valence electrons. The summed E-state index contributed by atoms with van der Waals surface area (Å²) < 4.78 is 5.60. The lowest BCUT2D eigenvalue weighted by Crippen LogP contribution is -2.49. The van der Waals surface area contributed by atoms with Crippen LogP contribution in [0.25, 0.3) is 0 Å². The summed E-state index contributed by atoms with van der Waals surface area (Å²) in [4.78, 5) is 18.0. The molecule has 0 aliphatic carbocycles. The van der Waals surface area contributed by atoms with E-state index in [1.807, 2.05) is 42.5 Å². The highest BCUT2D eigenvalue weighted by atomic mass is 16.5. The highest BCUT2D eigenvalue weighted by Gasteiger charge is 2.35. The number of hydrogen-bond donors (Lipinski definition) is 0. The number of hydrogen-bond acceptors (Lipinski definition) is 5. The van der Waals surface area contributed by atoms with E-state index < -0.39 is 0 Å². The number of nitrogens with zero attached hydrogens (tertiary/aromatic N) is 4. The van der Waals surface area contributed by atoms with E-state index in [1.54, 1.807) is 12.1 Å². The fourth-order valence-corrected chi connectivity index (χ4v) is 4.26. The number of amides is 1. The molecule has 1 fully saturated rings. The van der Waals surface area contributed by atoms with Gasteiger partial charge in [-0.1, -0.05) is 55.5 Å². The molecular weight excluding hydrogens is 376 g/mol. The third kappa shape index (κ3) is 4.40. The predicted octanol–water partition coefficient (Wildman–Crippen LogP) is 3.01. The maximum Gasteiger partial charge on any atom is 0.257 e. The molecule has 0 saturated carbocycles. The van der Waals surface area contributed by atoms with Crippen molar-refractivity contribution in [3.05, 3.63) is 65.7 Å². The van der Waals surface area contributed by atoms with Gasteiger partial charge in [0.05, 0.1) is 25.4 Å². The quantitative estimate of drug-likeness (QED) is 0.740. The summed E-state index contributed by atoms with van der Waals surface area (Å²) in [5, 5.41) is 6.48. The number of likely N-dealkylation sites (N-methyl/N-ethyl adjacent to an activating group) is 1. The summed E-state index contributed by atoms with van der Waals surface area (Å²) in [5.74, 6) is 0.836. The van der Waals surface area contributed by atoms with E-state index in [1.165, 1.54) is 0 Å². The molecule has 2 aliphatic rings. The maximum atomic E-state index is 13.3. The van der Waals surface area contributed by atoms with Gasteiger partial charge in [0.2, 0.25) is 0 Å². The van der Waals surface area contributed by atoms with Gasteiger partial charge in [-0.2, -0.15) is 5.10 Å². The van der Waals surface area contributed by atoms with Gasteiger partial charge in [-0.3, -0.25) is 9.69 Å². The third-order valence-electron chi connectivity index (χ3n) is 6.04. The molecule has 1 amide bonds. The van der Waals surface area contributed by atoms with Crippen LogP contribution in [0.2, 0.25) is 0 Å². The Labute approximate surface area is 178 Å². The summed E-state index contributed by atoms with van der Waals surface area (Å²) in [6.07, 6.45) is 0.680. The van der Waals surface area contributed by atoms with E-state index in [0.29, 0.717) is 13.0 Å². The van der Waals surface area contributed by atoms with Crippen molar-refractivity contribution in [2.24, 2.45) is 5.10 Å². The lowest BCUT2D eigenvalue weighted by atomic mass is 9.97. The van der Waals surface area contributed by atoms with Crippen LogP contribution in [0.3, 0.4) is 0 Å². The van der Waals surface area contributed by atoms with Crippen molar-refractivity contribution >= 4 is 11.6 Å². The summed E-state index contributed by atoms with van der Waals surface area (Å²) in [6.45, 7) is 7.51. The van der Waals surface area contributed by atoms with E-state index in [0.717, 1.165) is 55.3 Å². The molecule has 0 aromatic heterocycles. The second kappa shape index (κ2) is 9.41. The molecule has 1 atom stereocenters. The highest BCUT2D eigenvalue weighted by Crippen LogP contribution is 2.37. The van der Waals surface area contributed by atoms with Crippen molar-refractivity contribution in [3.8, 4) is 5.75 Å². The van der Waals surface area contributed by atoms with Crippen molar-refractivity contribution in [1.29, 1.82) is 0 Å². The summed E-state index contributed by atoms with van der Waals surface area (Å²) in [7, 11) is 1.67. The van der Waals surface area contributed by atoms with Crippen molar-refractivity contribution in [3.63, 3.8) is 0 Å². The normalized spacial score (nSPS) is 20.3. The van der Waals surface area contributed by atoms with Gasteiger partial charge in [0.15, 0.2) is 0 Å². The van der Waals surface area contributed by atoms with Gasteiger partial charge in [0.25, 0.3) is 5.91 Å². The Morgan fingerprint density at radius 1 is 1.00 bits per heavy atom. The Balaban J connectivity index is 1.57. The first-order chi connectivity index (χ1) is 14.7. The molecule has 6 nitrogen and oxygen atoms in total. The van der Waals surface area contributed by atoms with Gasteiger partial charge < -0.3 is 9.64 Å². The minimum atomic E-state index is -0.152. The topological polar surface area (TPSA) is 48.4 Å². The number of ether oxygens (including phenoxy) is 1. The number of para-hydroxylation sites is 1. The Morgan fingerprint density at radius 2 is 1.67 bits per heavy atom. The molecule has 2 aromatic carbocycles. The molecule has 0 N–H and O–H groups in total. The van der Waals surface area contributed by atoms with Gasteiger partial charge in [0, 0.05) is 38.2 Å². The third-order valence-corrected chi connectivity index (χ3v) is 6.04. The van der Waals surface area contributed by atoms with Gasteiger partial charge >= 0.3 is 0 Å². The largest absolute Gasteiger partial charge is 0.496 e. The average Bonchev–Trinajstić information content (AvgIpc) is 3.25. The molecule has 1 saturated heterocycles. The first-order valence-corrected chi connectivity index (χ1v) is 10.7.